The minimum absolute atomic E-state index is 0.0112. The first kappa shape index (κ1) is 22.4. The fraction of sp³-hybridized carbons (Fsp3) is 0.704. The molecule has 2 saturated carbocycles. The van der Waals surface area contributed by atoms with E-state index in [0.717, 1.165) is 38.5 Å². The normalized spacial score (nSPS) is 31.3. The third kappa shape index (κ3) is 4.54. The molecule has 3 aliphatic rings. The molecular formula is C27H38O4. The van der Waals surface area contributed by atoms with Gasteiger partial charge in [0.15, 0.2) is 0 Å². The number of carbonyl (C=O) groups is 2. The number of rotatable bonds is 7. The lowest BCUT2D eigenvalue weighted by Crippen LogP contribution is -2.45. The van der Waals surface area contributed by atoms with Crippen LogP contribution in [0.5, 0.6) is 5.75 Å². The predicted molar refractivity (Wildman–Crippen MR) is 121 cm³/mol. The molecule has 1 aromatic carbocycles. The molecule has 0 amide bonds. The highest BCUT2D eigenvalue weighted by Gasteiger charge is 2.56. The first-order valence-electron chi connectivity index (χ1n) is 12.4. The Kier molecular flexibility index (Phi) is 6.74. The molecule has 0 aliphatic heterocycles. The lowest BCUT2D eigenvalue weighted by molar-refractivity contribution is -0.157. The van der Waals surface area contributed by atoms with Gasteiger partial charge in [-0.05, 0) is 86.0 Å². The van der Waals surface area contributed by atoms with Crippen LogP contribution in [-0.2, 0) is 20.7 Å². The van der Waals surface area contributed by atoms with E-state index < -0.39 is 0 Å². The highest BCUT2D eigenvalue weighted by atomic mass is 16.5. The van der Waals surface area contributed by atoms with E-state index in [9.17, 15) is 9.59 Å². The standard InChI is InChI=1S/C27H38O4/c1-4-5-6-7-8-26(29)31-25-14-13-24-23-11-9-19-17-20(30-18(2)28)10-12-21(19)22(23)15-16-27(24,25)3/h10,12,17,22-25H,4-9,11,13-16H2,1-3H3/t22-,23-,24+,25+,27+/m1/s1. The van der Waals surface area contributed by atoms with E-state index in [-0.39, 0.29) is 23.5 Å². The Morgan fingerprint density at radius 2 is 1.94 bits per heavy atom. The number of hydrogen-bond acceptors (Lipinski definition) is 4. The van der Waals surface area contributed by atoms with E-state index in [1.165, 1.54) is 43.7 Å². The summed E-state index contributed by atoms with van der Waals surface area (Å²) in [6, 6.07) is 6.21. The third-order valence-electron chi connectivity index (χ3n) is 8.38. The summed E-state index contributed by atoms with van der Waals surface area (Å²) in [6.45, 7) is 6.03. The highest BCUT2D eigenvalue weighted by molar-refractivity contribution is 5.70. The van der Waals surface area contributed by atoms with Crippen LogP contribution in [0.3, 0.4) is 0 Å². The van der Waals surface area contributed by atoms with Crippen molar-refractivity contribution in [3.8, 4) is 5.75 Å². The van der Waals surface area contributed by atoms with Gasteiger partial charge in [0.2, 0.25) is 0 Å². The van der Waals surface area contributed by atoms with Crippen molar-refractivity contribution >= 4 is 11.9 Å². The molecule has 4 nitrogen and oxygen atoms in total. The van der Waals surface area contributed by atoms with Gasteiger partial charge < -0.3 is 9.47 Å². The molecule has 170 valence electrons. The van der Waals surface area contributed by atoms with E-state index >= 15 is 0 Å². The van der Waals surface area contributed by atoms with Crippen molar-refractivity contribution in [3.05, 3.63) is 29.3 Å². The molecule has 0 unspecified atom stereocenters. The number of esters is 2. The number of unbranched alkanes of at least 4 members (excludes halogenated alkanes) is 3. The lowest BCUT2D eigenvalue weighted by atomic mass is 9.55. The second-order valence-corrected chi connectivity index (χ2v) is 10.3. The molecule has 0 N–H and O–H groups in total. The number of carbonyl (C=O) groups excluding carboxylic acids is 2. The van der Waals surface area contributed by atoms with Crippen LogP contribution in [0, 0.1) is 17.3 Å². The molecule has 5 atom stereocenters. The summed E-state index contributed by atoms with van der Waals surface area (Å²) in [5.74, 6) is 2.29. The number of fused-ring (bicyclic) bond motifs is 5. The molecule has 1 aromatic rings. The first-order valence-corrected chi connectivity index (χ1v) is 12.4. The summed E-state index contributed by atoms with van der Waals surface area (Å²) in [5, 5.41) is 0. The van der Waals surface area contributed by atoms with Crippen LogP contribution in [0.1, 0.15) is 102 Å². The maximum absolute atomic E-state index is 12.5. The van der Waals surface area contributed by atoms with Crippen LogP contribution in [-0.4, -0.2) is 18.0 Å². The molecular weight excluding hydrogens is 388 g/mol. The molecule has 4 rings (SSSR count). The van der Waals surface area contributed by atoms with Gasteiger partial charge in [0, 0.05) is 18.8 Å². The molecule has 0 saturated heterocycles. The largest absolute Gasteiger partial charge is 0.462 e. The average molecular weight is 427 g/mol. The van der Waals surface area contributed by atoms with Gasteiger partial charge in [-0.3, -0.25) is 9.59 Å². The molecule has 0 heterocycles. The molecule has 2 fully saturated rings. The summed E-state index contributed by atoms with van der Waals surface area (Å²) >= 11 is 0. The first-order chi connectivity index (χ1) is 14.9. The molecule has 0 spiro atoms. The van der Waals surface area contributed by atoms with Crippen molar-refractivity contribution < 1.29 is 19.1 Å². The zero-order valence-corrected chi connectivity index (χ0v) is 19.5. The summed E-state index contributed by atoms with van der Waals surface area (Å²) in [5.41, 5.74) is 2.91. The van der Waals surface area contributed by atoms with Crippen molar-refractivity contribution in [1.29, 1.82) is 0 Å². The second kappa shape index (κ2) is 9.34. The van der Waals surface area contributed by atoms with Crippen LogP contribution < -0.4 is 4.74 Å². The fourth-order valence-corrected chi connectivity index (χ4v) is 6.85. The predicted octanol–water partition coefficient (Wildman–Crippen LogP) is 6.35. The Labute approximate surface area is 187 Å². The molecule has 0 radical (unpaired) electrons. The van der Waals surface area contributed by atoms with Crippen molar-refractivity contribution in [2.24, 2.45) is 17.3 Å². The van der Waals surface area contributed by atoms with Gasteiger partial charge in [-0.2, -0.15) is 0 Å². The minimum atomic E-state index is -0.265. The van der Waals surface area contributed by atoms with Crippen molar-refractivity contribution in [1.82, 2.24) is 0 Å². The van der Waals surface area contributed by atoms with Gasteiger partial charge in [-0.25, -0.2) is 0 Å². The SMILES string of the molecule is CCCCCCC(=O)O[C@H]1CC[C@H]2[C@@H]3CCc4cc(OC(C)=O)ccc4[C@H]3CC[C@]12C. The molecule has 0 aromatic heterocycles. The van der Waals surface area contributed by atoms with Crippen LogP contribution >= 0.6 is 0 Å². The van der Waals surface area contributed by atoms with E-state index in [0.29, 0.717) is 29.9 Å². The zero-order chi connectivity index (χ0) is 22.0. The lowest BCUT2D eigenvalue weighted by Gasteiger charge is -2.50. The summed E-state index contributed by atoms with van der Waals surface area (Å²) in [6.07, 6.45) is 11.8. The quantitative estimate of drug-likeness (QED) is 0.290. The van der Waals surface area contributed by atoms with Gasteiger partial charge in [0.1, 0.15) is 11.9 Å². The van der Waals surface area contributed by atoms with Gasteiger partial charge in [0.25, 0.3) is 0 Å². The van der Waals surface area contributed by atoms with Crippen LogP contribution in [0.4, 0.5) is 0 Å². The summed E-state index contributed by atoms with van der Waals surface area (Å²) < 4.78 is 11.4. The van der Waals surface area contributed by atoms with Crippen molar-refractivity contribution in [2.75, 3.05) is 0 Å². The maximum atomic E-state index is 12.5. The topological polar surface area (TPSA) is 52.6 Å². The summed E-state index contributed by atoms with van der Waals surface area (Å²) in [4.78, 5) is 23.8. The Morgan fingerprint density at radius 3 is 2.71 bits per heavy atom. The Bertz CT molecular complexity index is 815. The maximum Gasteiger partial charge on any atom is 0.308 e. The van der Waals surface area contributed by atoms with Crippen molar-refractivity contribution in [3.63, 3.8) is 0 Å². The smallest absolute Gasteiger partial charge is 0.308 e. The van der Waals surface area contributed by atoms with Gasteiger partial charge in [-0.1, -0.05) is 39.2 Å². The molecule has 4 heteroatoms. The van der Waals surface area contributed by atoms with E-state index in [4.69, 9.17) is 9.47 Å². The van der Waals surface area contributed by atoms with E-state index in [1.54, 1.807) is 0 Å². The van der Waals surface area contributed by atoms with Gasteiger partial charge in [0.05, 0.1) is 0 Å². The summed E-state index contributed by atoms with van der Waals surface area (Å²) in [7, 11) is 0. The minimum Gasteiger partial charge on any atom is -0.462 e. The van der Waals surface area contributed by atoms with Crippen LogP contribution in [0.25, 0.3) is 0 Å². The number of benzene rings is 1. The van der Waals surface area contributed by atoms with Gasteiger partial charge >= 0.3 is 11.9 Å². The Morgan fingerprint density at radius 1 is 1.10 bits per heavy atom. The molecule has 3 aliphatic carbocycles. The zero-order valence-electron chi connectivity index (χ0n) is 19.5. The number of aryl methyl sites for hydroxylation is 1. The van der Waals surface area contributed by atoms with E-state index in [1.807, 2.05) is 6.07 Å². The van der Waals surface area contributed by atoms with Crippen LogP contribution in [0.2, 0.25) is 0 Å². The third-order valence-corrected chi connectivity index (χ3v) is 8.38. The average Bonchev–Trinajstić information content (AvgIpc) is 3.06. The fourth-order valence-electron chi connectivity index (χ4n) is 6.85. The Hall–Kier alpha value is -1.84. The second-order valence-electron chi connectivity index (χ2n) is 10.3. The van der Waals surface area contributed by atoms with Crippen molar-refractivity contribution in [2.45, 2.75) is 103 Å². The molecule has 0 bridgehead atoms. The molecule has 31 heavy (non-hydrogen) atoms. The number of ether oxygens (including phenoxy) is 2. The monoisotopic (exact) mass is 426 g/mol. The highest BCUT2D eigenvalue weighted by Crippen LogP contribution is 2.61. The van der Waals surface area contributed by atoms with Crippen LogP contribution in [0.15, 0.2) is 18.2 Å². The van der Waals surface area contributed by atoms with E-state index in [2.05, 4.69) is 26.0 Å². The Balaban J connectivity index is 1.42. The van der Waals surface area contributed by atoms with Gasteiger partial charge in [-0.15, -0.1) is 0 Å². The number of hydrogen-bond donors (Lipinski definition) is 0.